The van der Waals surface area contributed by atoms with Gasteiger partial charge in [-0.25, -0.2) is 4.39 Å². The molecule has 0 aliphatic rings. The molecule has 0 fully saturated rings. The van der Waals surface area contributed by atoms with Crippen LogP contribution in [0.3, 0.4) is 0 Å². The van der Waals surface area contributed by atoms with Gasteiger partial charge in [-0.1, -0.05) is 28.1 Å². The van der Waals surface area contributed by atoms with E-state index in [1.165, 1.54) is 11.0 Å². The van der Waals surface area contributed by atoms with Crippen molar-refractivity contribution in [3.05, 3.63) is 62.8 Å². The van der Waals surface area contributed by atoms with Crippen molar-refractivity contribution in [3.63, 3.8) is 0 Å². The molecule has 106 valence electrons. The SMILES string of the molecule is NC(CSc1cccc(Br)c1)Cc1ccc(F)c(Br)c1. The third kappa shape index (κ3) is 4.88. The van der Waals surface area contributed by atoms with E-state index in [0.717, 1.165) is 22.2 Å². The van der Waals surface area contributed by atoms with Crippen LogP contribution >= 0.6 is 43.6 Å². The van der Waals surface area contributed by atoms with E-state index >= 15 is 0 Å². The molecule has 0 spiro atoms. The van der Waals surface area contributed by atoms with Crippen molar-refractivity contribution in [1.29, 1.82) is 0 Å². The highest BCUT2D eigenvalue weighted by atomic mass is 79.9. The predicted octanol–water partition coefficient (Wildman–Crippen LogP) is 5.01. The van der Waals surface area contributed by atoms with Crippen molar-refractivity contribution in [1.82, 2.24) is 0 Å². The highest BCUT2D eigenvalue weighted by Crippen LogP contribution is 2.23. The van der Waals surface area contributed by atoms with Crippen LogP contribution < -0.4 is 5.73 Å². The fourth-order valence-electron chi connectivity index (χ4n) is 1.79. The first kappa shape index (κ1) is 16.0. The first-order valence-electron chi connectivity index (χ1n) is 6.12. The van der Waals surface area contributed by atoms with Gasteiger partial charge in [0.05, 0.1) is 4.47 Å². The largest absolute Gasteiger partial charge is 0.327 e. The average Bonchev–Trinajstić information content (AvgIpc) is 2.41. The van der Waals surface area contributed by atoms with Gasteiger partial charge in [0.1, 0.15) is 5.82 Å². The van der Waals surface area contributed by atoms with E-state index in [-0.39, 0.29) is 11.9 Å². The summed E-state index contributed by atoms with van der Waals surface area (Å²) in [5.41, 5.74) is 7.18. The van der Waals surface area contributed by atoms with Crippen molar-refractivity contribution in [2.75, 3.05) is 5.75 Å². The summed E-state index contributed by atoms with van der Waals surface area (Å²) in [7, 11) is 0. The molecule has 1 nitrogen and oxygen atoms in total. The standard InChI is InChI=1S/C15H14Br2FNS/c16-11-2-1-3-13(8-11)20-9-12(19)6-10-4-5-15(18)14(17)7-10/h1-5,7-8,12H,6,9,19H2. The molecule has 0 aromatic heterocycles. The van der Waals surface area contributed by atoms with Crippen LogP contribution in [0.25, 0.3) is 0 Å². The van der Waals surface area contributed by atoms with Gasteiger partial charge in [-0.05, 0) is 58.2 Å². The Kier molecular flexibility index (Phi) is 6.08. The van der Waals surface area contributed by atoms with Gasteiger partial charge in [0, 0.05) is 21.2 Å². The highest BCUT2D eigenvalue weighted by Gasteiger charge is 2.07. The molecule has 5 heteroatoms. The lowest BCUT2D eigenvalue weighted by Crippen LogP contribution is -2.25. The summed E-state index contributed by atoms with van der Waals surface area (Å²) in [4.78, 5) is 1.19. The van der Waals surface area contributed by atoms with Crippen LogP contribution in [-0.4, -0.2) is 11.8 Å². The van der Waals surface area contributed by atoms with E-state index in [1.54, 1.807) is 23.9 Å². The summed E-state index contributed by atoms with van der Waals surface area (Å²) >= 11 is 8.37. The Morgan fingerprint density at radius 2 is 1.95 bits per heavy atom. The number of halogens is 3. The van der Waals surface area contributed by atoms with E-state index in [2.05, 4.69) is 44.0 Å². The van der Waals surface area contributed by atoms with Crippen molar-refractivity contribution >= 4 is 43.6 Å². The summed E-state index contributed by atoms with van der Waals surface area (Å²) in [6, 6.07) is 13.2. The Labute approximate surface area is 139 Å². The van der Waals surface area contributed by atoms with Crippen LogP contribution in [0.1, 0.15) is 5.56 Å². The normalized spacial score (nSPS) is 12.4. The van der Waals surface area contributed by atoms with Crippen LogP contribution in [0.15, 0.2) is 56.3 Å². The average molecular weight is 419 g/mol. The Hall–Kier alpha value is -0.360. The molecule has 1 unspecified atom stereocenters. The summed E-state index contributed by atoms with van der Waals surface area (Å²) < 4.78 is 14.7. The molecule has 2 aromatic rings. The summed E-state index contributed by atoms with van der Waals surface area (Å²) in [6.07, 6.45) is 0.736. The van der Waals surface area contributed by atoms with Crippen LogP contribution in [0, 0.1) is 5.82 Å². The van der Waals surface area contributed by atoms with Crippen molar-refractivity contribution < 1.29 is 4.39 Å². The van der Waals surface area contributed by atoms with E-state index in [1.807, 2.05) is 12.1 Å². The fraction of sp³-hybridized carbons (Fsp3) is 0.200. The van der Waals surface area contributed by atoms with Gasteiger partial charge in [-0.3, -0.25) is 0 Å². The van der Waals surface area contributed by atoms with Crippen LogP contribution in [0.5, 0.6) is 0 Å². The zero-order valence-corrected chi connectivity index (χ0v) is 14.6. The van der Waals surface area contributed by atoms with Crippen LogP contribution in [-0.2, 0) is 6.42 Å². The van der Waals surface area contributed by atoms with Crippen LogP contribution in [0.4, 0.5) is 4.39 Å². The van der Waals surface area contributed by atoms with Crippen LogP contribution in [0.2, 0.25) is 0 Å². The lowest BCUT2D eigenvalue weighted by Gasteiger charge is -2.12. The number of hydrogen-bond donors (Lipinski definition) is 1. The van der Waals surface area contributed by atoms with Gasteiger partial charge >= 0.3 is 0 Å². The number of rotatable bonds is 5. The molecule has 0 aliphatic carbocycles. The van der Waals surface area contributed by atoms with Gasteiger partial charge in [0.15, 0.2) is 0 Å². The smallest absolute Gasteiger partial charge is 0.137 e. The second kappa shape index (κ2) is 7.59. The predicted molar refractivity (Wildman–Crippen MR) is 90.6 cm³/mol. The lowest BCUT2D eigenvalue weighted by molar-refractivity contribution is 0.619. The summed E-state index contributed by atoms with van der Waals surface area (Å²) in [5, 5.41) is 0. The molecule has 0 radical (unpaired) electrons. The quantitative estimate of drug-likeness (QED) is 0.690. The minimum Gasteiger partial charge on any atom is -0.327 e. The molecule has 2 rings (SSSR count). The van der Waals surface area contributed by atoms with E-state index in [4.69, 9.17) is 5.73 Å². The Bertz CT molecular complexity index is 592. The van der Waals surface area contributed by atoms with Crippen molar-refractivity contribution in [2.45, 2.75) is 17.4 Å². The van der Waals surface area contributed by atoms with E-state index < -0.39 is 0 Å². The monoisotopic (exact) mass is 417 g/mol. The van der Waals surface area contributed by atoms with Gasteiger partial charge in [-0.15, -0.1) is 11.8 Å². The van der Waals surface area contributed by atoms with E-state index in [9.17, 15) is 4.39 Å². The molecule has 20 heavy (non-hydrogen) atoms. The molecule has 2 aromatic carbocycles. The van der Waals surface area contributed by atoms with E-state index in [0.29, 0.717) is 4.47 Å². The number of hydrogen-bond acceptors (Lipinski definition) is 2. The fourth-order valence-corrected chi connectivity index (χ4v) is 3.67. The third-order valence-electron chi connectivity index (χ3n) is 2.74. The van der Waals surface area contributed by atoms with Gasteiger partial charge in [0.2, 0.25) is 0 Å². The second-order valence-electron chi connectivity index (χ2n) is 4.48. The maximum Gasteiger partial charge on any atom is 0.137 e. The highest BCUT2D eigenvalue weighted by molar-refractivity contribution is 9.10. The molecular weight excluding hydrogens is 405 g/mol. The zero-order chi connectivity index (χ0) is 14.5. The molecule has 0 heterocycles. The maximum absolute atomic E-state index is 13.2. The van der Waals surface area contributed by atoms with Gasteiger partial charge < -0.3 is 5.73 Å². The molecule has 0 aliphatic heterocycles. The Morgan fingerprint density at radius 1 is 1.15 bits per heavy atom. The first-order chi connectivity index (χ1) is 9.54. The number of thioether (sulfide) groups is 1. The Balaban J connectivity index is 1.89. The second-order valence-corrected chi connectivity index (χ2v) is 7.34. The molecule has 0 saturated carbocycles. The molecule has 1 atom stereocenters. The number of benzene rings is 2. The molecule has 0 bridgehead atoms. The number of nitrogens with two attached hydrogens (primary N) is 1. The zero-order valence-electron chi connectivity index (χ0n) is 10.7. The topological polar surface area (TPSA) is 26.0 Å². The molecule has 0 amide bonds. The minimum absolute atomic E-state index is 0.0383. The van der Waals surface area contributed by atoms with Gasteiger partial charge in [-0.2, -0.15) is 0 Å². The minimum atomic E-state index is -0.245. The van der Waals surface area contributed by atoms with Crippen molar-refractivity contribution in [2.24, 2.45) is 5.73 Å². The van der Waals surface area contributed by atoms with Crippen molar-refractivity contribution in [3.8, 4) is 0 Å². The van der Waals surface area contributed by atoms with Gasteiger partial charge in [0.25, 0.3) is 0 Å². The Morgan fingerprint density at radius 3 is 2.65 bits per heavy atom. The lowest BCUT2D eigenvalue weighted by atomic mass is 10.1. The third-order valence-corrected chi connectivity index (χ3v) is 5.03. The maximum atomic E-state index is 13.2. The summed E-state index contributed by atoms with van der Waals surface area (Å²) in [5.74, 6) is 0.580. The first-order valence-corrected chi connectivity index (χ1v) is 8.69. The molecule has 2 N–H and O–H groups in total. The molecule has 0 saturated heterocycles. The summed E-state index contributed by atoms with van der Waals surface area (Å²) in [6.45, 7) is 0. The molecular formula is C15H14Br2FNS.